The number of hydrogen-bond acceptors (Lipinski definition) is 4. The van der Waals surface area contributed by atoms with Gasteiger partial charge in [0.1, 0.15) is 0 Å². The Bertz CT molecular complexity index is 321. The topological polar surface area (TPSA) is 50.7 Å². The van der Waals surface area contributed by atoms with Gasteiger partial charge in [-0.1, -0.05) is 19.3 Å². The molecule has 0 amide bonds. The van der Waals surface area contributed by atoms with Crippen molar-refractivity contribution in [3.63, 3.8) is 0 Å². The summed E-state index contributed by atoms with van der Waals surface area (Å²) in [4.78, 5) is 11.5. The smallest absolute Gasteiger partial charge is 0.228 e. The molecule has 0 radical (unpaired) electrons. The van der Waals surface area contributed by atoms with Gasteiger partial charge in [-0.05, 0) is 35.5 Å². The molecule has 2 rings (SSSR count). The Labute approximate surface area is 98.4 Å². The zero-order valence-electron chi connectivity index (χ0n) is 8.21. The standard InChI is InChI=1S/C9H12Cl2N4/c10-7-13-8(11)15-9(14-7)12-5-4-6-2-1-3-6/h6H,1-5H2,(H,12,13,14,15). The van der Waals surface area contributed by atoms with Crippen molar-refractivity contribution in [3.8, 4) is 0 Å². The summed E-state index contributed by atoms with van der Waals surface area (Å²) >= 11 is 11.3. The lowest BCUT2D eigenvalue weighted by Crippen LogP contribution is -2.16. The number of rotatable bonds is 4. The predicted octanol–water partition coefficient (Wildman–Crippen LogP) is 2.78. The lowest BCUT2D eigenvalue weighted by atomic mass is 9.83. The Balaban J connectivity index is 1.81. The molecule has 4 nitrogen and oxygen atoms in total. The van der Waals surface area contributed by atoms with Crippen LogP contribution < -0.4 is 5.32 Å². The van der Waals surface area contributed by atoms with Crippen molar-refractivity contribution in [2.45, 2.75) is 25.7 Å². The van der Waals surface area contributed by atoms with Gasteiger partial charge in [0.25, 0.3) is 0 Å². The fourth-order valence-corrected chi connectivity index (χ4v) is 1.94. The molecule has 0 saturated heterocycles. The monoisotopic (exact) mass is 246 g/mol. The van der Waals surface area contributed by atoms with Crippen LogP contribution >= 0.6 is 23.2 Å². The van der Waals surface area contributed by atoms with E-state index in [0.717, 1.165) is 18.9 Å². The van der Waals surface area contributed by atoms with E-state index >= 15 is 0 Å². The zero-order chi connectivity index (χ0) is 10.7. The summed E-state index contributed by atoms with van der Waals surface area (Å²) in [5.41, 5.74) is 0. The van der Waals surface area contributed by atoms with Gasteiger partial charge in [0.2, 0.25) is 16.5 Å². The average molecular weight is 247 g/mol. The molecule has 0 atom stereocenters. The third-order valence-corrected chi connectivity index (χ3v) is 2.98. The van der Waals surface area contributed by atoms with E-state index in [9.17, 15) is 0 Å². The first-order valence-electron chi connectivity index (χ1n) is 5.05. The van der Waals surface area contributed by atoms with Gasteiger partial charge in [0, 0.05) is 6.54 Å². The van der Waals surface area contributed by atoms with Crippen LogP contribution in [0.25, 0.3) is 0 Å². The molecule has 0 bridgehead atoms. The zero-order valence-corrected chi connectivity index (χ0v) is 9.72. The Hall–Kier alpha value is -0.610. The molecule has 6 heteroatoms. The quantitative estimate of drug-likeness (QED) is 0.888. The number of halogens is 2. The van der Waals surface area contributed by atoms with Crippen molar-refractivity contribution in [3.05, 3.63) is 10.6 Å². The lowest BCUT2D eigenvalue weighted by Gasteiger charge is -2.25. The van der Waals surface area contributed by atoms with Gasteiger partial charge in [-0.15, -0.1) is 0 Å². The molecule has 0 unspecified atom stereocenters. The van der Waals surface area contributed by atoms with Gasteiger partial charge in [-0.25, -0.2) is 0 Å². The Morgan fingerprint density at radius 1 is 1.13 bits per heavy atom. The van der Waals surface area contributed by atoms with E-state index in [-0.39, 0.29) is 10.6 Å². The number of anilines is 1. The van der Waals surface area contributed by atoms with Crippen molar-refractivity contribution in [1.82, 2.24) is 15.0 Å². The van der Waals surface area contributed by atoms with E-state index < -0.39 is 0 Å². The maximum atomic E-state index is 5.64. The molecule has 0 aliphatic heterocycles. The third-order valence-electron chi connectivity index (χ3n) is 2.64. The maximum Gasteiger partial charge on any atom is 0.228 e. The second-order valence-corrected chi connectivity index (χ2v) is 4.39. The first-order chi connectivity index (χ1) is 7.24. The van der Waals surface area contributed by atoms with Crippen LogP contribution in [0.5, 0.6) is 0 Å². The SMILES string of the molecule is Clc1nc(Cl)nc(NCCC2CCC2)n1. The highest BCUT2D eigenvalue weighted by molar-refractivity contribution is 6.31. The molecule has 0 aromatic carbocycles. The maximum absolute atomic E-state index is 5.64. The van der Waals surface area contributed by atoms with Crippen LogP contribution in [0.1, 0.15) is 25.7 Å². The molecule has 1 N–H and O–H groups in total. The normalized spacial score (nSPS) is 16.1. The van der Waals surface area contributed by atoms with Crippen molar-refractivity contribution in [2.24, 2.45) is 5.92 Å². The van der Waals surface area contributed by atoms with Gasteiger partial charge in [-0.2, -0.15) is 15.0 Å². The van der Waals surface area contributed by atoms with Crippen molar-refractivity contribution in [2.75, 3.05) is 11.9 Å². The van der Waals surface area contributed by atoms with E-state index in [1.54, 1.807) is 0 Å². The molecule has 1 saturated carbocycles. The van der Waals surface area contributed by atoms with Crippen LogP contribution in [-0.2, 0) is 0 Å². The van der Waals surface area contributed by atoms with Crippen LogP contribution in [-0.4, -0.2) is 21.5 Å². The summed E-state index contributed by atoms with van der Waals surface area (Å²) in [7, 11) is 0. The number of nitrogens with zero attached hydrogens (tertiary/aromatic N) is 3. The first-order valence-corrected chi connectivity index (χ1v) is 5.80. The van der Waals surface area contributed by atoms with Crippen LogP contribution in [0.3, 0.4) is 0 Å². The summed E-state index contributed by atoms with van der Waals surface area (Å²) in [5.74, 6) is 1.32. The first kappa shape index (κ1) is 10.9. The summed E-state index contributed by atoms with van der Waals surface area (Å²) in [6, 6.07) is 0. The number of nitrogens with one attached hydrogen (secondary N) is 1. The molecule has 1 fully saturated rings. The van der Waals surface area contributed by atoms with Crippen molar-refractivity contribution < 1.29 is 0 Å². The summed E-state index contributed by atoms with van der Waals surface area (Å²) in [5, 5.41) is 3.35. The molecule has 15 heavy (non-hydrogen) atoms. The largest absolute Gasteiger partial charge is 0.354 e. The van der Waals surface area contributed by atoms with Crippen molar-refractivity contribution in [1.29, 1.82) is 0 Å². The Morgan fingerprint density at radius 2 is 1.80 bits per heavy atom. The number of hydrogen-bond donors (Lipinski definition) is 1. The highest BCUT2D eigenvalue weighted by Crippen LogP contribution is 2.29. The summed E-state index contributed by atoms with van der Waals surface area (Å²) in [6.07, 6.45) is 5.22. The summed E-state index contributed by atoms with van der Waals surface area (Å²) in [6.45, 7) is 0.862. The van der Waals surface area contributed by atoms with Gasteiger partial charge in [-0.3, -0.25) is 0 Å². The highest BCUT2D eigenvalue weighted by Gasteiger charge is 2.16. The molecule has 82 valence electrons. The molecule has 1 aromatic rings. The van der Waals surface area contributed by atoms with Gasteiger partial charge >= 0.3 is 0 Å². The highest BCUT2D eigenvalue weighted by atomic mass is 35.5. The molecule has 1 heterocycles. The number of aromatic nitrogens is 3. The second kappa shape index (κ2) is 4.94. The second-order valence-electron chi connectivity index (χ2n) is 3.71. The minimum absolute atomic E-state index is 0.126. The van der Waals surface area contributed by atoms with Crippen LogP contribution in [0.4, 0.5) is 5.95 Å². The minimum atomic E-state index is 0.126. The van der Waals surface area contributed by atoms with E-state index in [2.05, 4.69) is 20.3 Å². The van der Waals surface area contributed by atoms with Gasteiger partial charge in [0.05, 0.1) is 0 Å². The molecule has 1 aromatic heterocycles. The van der Waals surface area contributed by atoms with Crippen LogP contribution in [0.15, 0.2) is 0 Å². The van der Waals surface area contributed by atoms with E-state index in [4.69, 9.17) is 23.2 Å². The Kier molecular flexibility index (Phi) is 3.59. The van der Waals surface area contributed by atoms with Crippen LogP contribution in [0, 0.1) is 5.92 Å². The Morgan fingerprint density at radius 3 is 2.33 bits per heavy atom. The minimum Gasteiger partial charge on any atom is -0.354 e. The van der Waals surface area contributed by atoms with E-state index in [1.807, 2.05) is 0 Å². The summed E-state index contributed by atoms with van der Waals surface area (Å²) < 4.78 is 0. The van der Waals surface area contributed by atoms with E-state index in [1.165, 1.54) is 19.3 Å². The lowest BCUT2D eigenvalue weighted by molar-refractivity contribution is 0.303. The molecular formula is C9H12Cl2N4. The average Bonchev–Trinajstić information content (AvgIpc) is 2.07. The predicted molar refractivity (Wildman–Crippen MR) is 60.3 cm³/mol. The van der Waals surface area contributed by atoms with Gasteiger partial charge < -0.3 is 5.32 Å². The van der Waals surface area contributed by atoms with Crippen LogP contribution in [0.2, 0.25) is 10.6 Å². The molecular weight excluding hydrogens is 235 g/mol. The molecule has 1 aliphatic carbocycles. The fourth-order valence-electron chi connectivity index (χ4n) is 1.57. The molecule has 0 spiro atoms. The third kappa shape index (κ3) is 3.18. The molecule has 1 aliphatic rings. The van der Waals surface area contributed by atoms with E-state index in [0.29, 0.717) is 5.95 Å². The van der Waals surface area contributed by atoms with Gasteiger partial charge in [0.15, 0.2) is 0 Å². The van der Waals surface area contributed by atoms with Crippen molar-refractivity contribution >= 4 is 29.2 Å². The fraction of sp³-hybridized carbons (Fsp3) is 0.667.